The van der Waals surface area contributed by atoms with Crippen molar-refractivity contribution in [3.63, 3.8) is 0 Å². The Bertz CT molecular complexity index is 712. The standard InChI is InChI=1S/C19H21N3O2/c23-18(13-20-12-14-10-11-14)21-16-8-4-5-9-17(16)22-19(24)15-6-2-1-3-7-15/h1-9,14,20H,10-13H2,(H,21,23)(H,22,24). The summed E-state index contributed by atoms with van der Waals surface area (Å²) in [5.41, 5.74) is 1.76. The first kappa shape index (κ1) is 16.2. The lowest BCUT2D eigenvalue weighted by Crippen LogP contribution is -2.29. The second-order valence-corrected chi connectivity index (χ2v) is 5.99. The van der Waals surface area contributed by atoms with Crippen molar-refractivity contribution in [1.29, 1.82) is 0 Å². The maximum atomic E-state index is 12.3. The highest BCUT2D eigenvalue weighted by atomic mass is 16.2. The zero-order valence-electron chi connectivity index (χ0n) is 13.4. The summed E-state index contributed by atoms with van der Waals surface area (Å²) < 4.78 is 0. The van der Waals surface area contributed by atoms with E-state index in [9.17, 15) is 9.59 Å². The van der Waals surface area contributed by atoms with Gasteiger partial charge in [-0.05, 0) is 49.6 Å². The molecule has 2 aromatic carbocycles. The highest BCUT2D eigenvalue weighted by molar-refractivity contribution is 6.07. The third kappa shape index (κ3) is 4.67. The van der Waals surface area contributed by atoms with Crippen molar-refractivity contribution in [1.82, 2.24) is 5.32 Å². The number of para-hydroxylation sites is 2. The summed E-state index contributed by atoms with van der Waals surface area (Å²) in [7, 11) is 0. The zero-order chi connectivity index (χ0) is 16.8. The minimum atomic E-state index is -0.204. The molecular formula is C19H21N3O2. The monoisotopic (exact) mass is 323 g/mol. The van der Waals surface area contributed by atoms with Gasteiger partial charge in [-0.2, -0.15) is 0 Å². The summed E-state index contributed by atoms with van der Waals surface area (Å²) in [6, 6.07) is 16.2. The molecule has 0 unspecified atom stereocenters. The van der Waals surface area contributed by atoms with E-state index < -0.39 is 0 Å². The number of nitrogens with one attached hydrogen (secondary N) is 3. The Balaban J connectivity index is 1.59. The Kier molecular flexibility index (Phi) is 5.23. The Hall–Kier alpha value is -2.66. The lowest BCUT2D eigenvalue weighted by atomic mass is 10.2. The average molecular weight is 323 g/mol. The second-order valence-electron chi connectivity index (χ2n) is 5.99. The molecule has 0 aliphatic heterocycles. The molecule has 0 radical (unpaired) electrons. The number of carbonyl (C=O) groups excluding carboxylic acids is 2. The van der Waals surface area contributed by atoms with Gasteiger partial charge in [-0.25, -0.2) is 0 Å². The molecule has 0 atom stereocenters. The van der Waals surface area contributed by atoms with Crippen LogP contribution in [-0.2, 0) is 4.79 Å². The van der Waals surface area contributed by atoms with Crippen LogP contribution in [0.5, 0.6) is 0 Å². The summed E-state index contributed by atoms with van der Waals surface area (Å²) >= 11 is 0. The molecule has 1 saturated carbocycles. The van der Waals surface area contributed by atoms with Crippen LogP contribution in [0.1, 0.15) is 23.2 Å². The normalized spacial score (nSPS) is 13.3. The fourth-order valence-corrected chi connectivity index (χ4v) is 2.39. The molecular weight excluding hydrogens is 302 g/mol. The number of amides is 2. The number of hydrogen-bond acceptors (Lipinski definition) is 3. The lowest BCUT2D eigenvalue weighted by Gasteiger charge is -2.12. The van der Waals surface area contributed by atoms with Crippen molar-refractivity contribution < 1.29 is 9.59 Å². The van der Waals surface area contributed by atoms with E-state index in [1.807, 2.05) is 30.3 Å². The van der Waals surface area contributed by atoms with E-state index in [0.29, 0.717) is 16.9 Å². The van der Waals surface area contributed by atoms with E-state index in [0.717, 1.165) is 12.5 Å². The molecule has 0 spiro atoms. The highest BCUT2D eigenvalue weighted by Crippen LogP contribution is 2.27. The molecule has 3 N–H and O–H groups in total. The summed E-state index contributed by atoms with van der Waals surface area (Å²) in [6.45, 7) is 1.16. The zero-order valence-corrected chi connectivity index (χ0v) is 13.4. The van der Waals surface area contributed by atoms with Crippen LogP contribution in [0.15, 0.2) is 54.6 Å². The van der Waals surface area contributed by atoms with Crippen molar-refractivity contribution in [2.45, 2.75) is 12.8 Å². The molecule has 0 saturated heterocycles. The molecule has 3 rings (SSSR count). The number of benzene rings is 2. The number of carbonyl (C=O) groups is 2. The molecule has 0 bridgehead atoms. The van der Waals surface area contributed by atoms with Gasteiger partial charge in [0, 0.05) is 5.56 Å². The number of rotatable bonds is 7. The van der Waals surface area contributed by atoms with Crippen LogP contribution in [-0.4, -0.2) is 24.9 Å². The molecule has 1 fully saturated rings. The van der Waals surface area contributed by atoms with Crippen molar-refractivity contribution in [3.05, 3.63) is 60.2 Å². The van der Waals surface area contributed by atoms with Crippen LogP contribution < -0.4 is 16.0 Å². The van der Waals surface area contributed by atoms with E-state index in [-0.39, 0.29) is 18.4 Å². The van der Waals surface area contributed by atoms with Gasteiger partial charge in [-0.1, -0.05) is 30.3 Å². The molecule has 1 aliphatic rings. The maximum Gasteiger partial charge on any atom is 0.255 e. The van der Waals surface area contributed by atoms with Crippen LogP contribution in [0.4, 0.5) is 11.4 Å². The molecule has 5 nitrogen and oxygen atoms in total. The summed E-state index contributed by atoms with van der Waals surface area (Å²) in [5, 5.41) is 8.84. The van der Waals surface area contributed by atoms with Crippen LogP contribution in [0.25, 0.3) is 0 Å². The fraction of sp³-hybridized carbons (Fsp3) is 0.263. The molecule has 0 heterocycles. The topological polar surface area (TPSA) is 70.2 Å². The Morgan fingerprint density at radius 3 is 2.17 bits per heavy atom. The summed E-state index contributed by atoms with van der Waals surface area (Å²) in [4.78, 5) is 24.3. The minimum absolute atomic E-state index is 0.114. The number of anilines is 2. The molecule has 5 heteroatoms. The van der Waals surface area contributed by atoms with Crippen LogP contribution in [0.3, 0.4) is 0 Å². The molecule has 124 valence electrons. The molecule has 0 aromatic heterocycles. The van der Waals surface area contributed by atoms with Crippen molar-refractivity contribution >= 4 is 23.2 Å². The molecule has 1 aliphatic carbocycles. The smallest absolute Gasteiger partial charge is 0.255 e. The van der Waals surface area contributed by atoms with Gasteiger partial charge in [0.1, 0.15) is 0 Å². The number of hydrogen-bond donors (Lipinski definition) is 3. The van der Waals surface area contributed by atoms with Gasteiger partial charge >= 0.3 is 0 Å². The van der Waals surface area contributed by atoms with Crippen molar-refractivity contribution in [2.24, 2.45) is 5.92 Å². The van der Waals surface area contributed by atoms with Gasteiger partial charge in [-0.15, -0.1) is 0 Å². The van der Waals surface area contributed by atoms with Crippen molar-refractivity contribution in [3.8, 4) is 0 Å². The Morgan fingerprint density at radius 1 is 0.875 bits per heavy atom. The quantitative estimate of drug-likeness (QED) is 0.734. The van der Waals surface area contributed by atoms with E-state index in [1.165, 1.54) is 12.8 Å². The predicted molar refractivity (Wildman–Crippen MR) is 95.1 cm³/mol. The lowest BCUT2D eigenvalue weighted by molar-refractivity contribution is -0.115. The van der Waals surface area contributed by atoms with E-state index in [4.69, 9.17) is 0 Å². The summed E-state index contributed by atoms with van der Waals surface area (Å²) in [5.74, 6) is 0.413. The largest absolute Gasteiger partial charge is 0.323 e. The first-order valence-corrected chi connectivity index (χ1v) is 8.18. The highest BCUT2D eigenvalue weighted by Gasteiger charge is 2.20. The van der Waals surface area contributed by atoms with E-state index >= 15 is 0 Å². The minimum Gasteiger partial charge on any atom is -0.323 e. The van der Waals surface area contributed by atoms with Crippen LogP contribution >= 0.6 is 0 Å². The predicted octanol–water partition coefficient (Wildman–Crippen LogP) is 2.88. The first-order valence-electron chi connectivity index (χ1n) is 8.18. The second kappa shape index (κ2) is 7.75. The fourth-order valence-electron chi connectivity index (χ4n) is 2.39. The summed E-state index contributed by atoms with van der Waals surface area (Å²) in [6.07, 6.45) is 2.51. The van der Waals surface area contributed by atoms with E-state index in [2.05, 4.69) is 16.0 Å². The molecule has 2 amide bonds. The average Bonchev–Trinajstić information content (AvgIpc) is 3.42. The molecule has 2 aromatic rings. The van der Waals surface area contributed by atoms with Gasteiger partial charge in [0.2, 0.25) is 5.91 Å². The third-order valence-electron chi connectivity index (χ3n) is 3.90. The Morgan fingerprint density at radius 2 is 1.50 bits per heavy atom. The van der Waals surface area contributed by atoms with Gasteiger partial charge in [0.15, 0.2) is 0 Å². The Labute approximate surface area is 141 Å². The van der Waals surface area contributed by atoms with E-state index in [1.54, 1.807) is 24.3 Å². The first-order chi connectivity index (χ1) is 11.7. The van der Waals surface area contributed by atoms with Crippen molar-refractivity contribution in [2.75, 3.05) is 23.7 Å². The van der Waals surface area contributed by atoms with Gasteiger partial charge in [0.05, 0.1) is 17.9 Å². The maximum absolute atomic E-state index is 12.3. The van der Waals surface area contributed by atoms with Gasteiger partial charge in [-0.3, -0.25) is 9.59 Å². The van der Waals surface area contributed by atoms with Crippen LogP contribution in [0.2, 0.25) is 0 Å². The SMILES string of the molecule is O=C(CNCC1CC1)Nc1ccccc1NC(=O)c1ccccc1. The van der Waals surface area contributed by atoms with Gasteiger partial charge < -0.3 is 16.0 Å². The van der Waals surface area contributed by atoms with Crippen LogP contribution in [0, 0.1) is 5.92 Å². The third-order valence-corrected chi connectivity index (χ3v) is 3.90. The van der Waals surface area contributed by atoms with Gasteiger partial charge in [0.25, 0.3) is 5.91 Å². The molecule has 24 heavy (non-hydrogen) atoms.